The lowest BCUT2D eigenvalue weighted by molar-refractivity contribution is 0.609. The van der Waals surface area contributed by atoms with Crippen molar-refractivity contribution < 1.29 is 0 Å². The van der Waals surface area contributed by atoms with Crippen molar-refractivity contribution in [3.8, 4) is 0 Å². The third kappa shape index (κ3) is 6.58. The van der Waals surface area contributed by atoms with E-state index in [1.54, 1.807) is 11.3 Å². The van der Waals surface area contributed by atoms with E-state index in [0.29, 0.717) is 11.8 Å². The summed E-state index contributed by atoms with van der Waals surface area (Å²) in [5.41, 5.74) is 1.39. The highest BCUT2D eigenvalue weighted by Gasteiger charge is 2.06. The Morgan fingerprint density at radius 3 is 2.44 bits per heavy atom. The van der Waals surface area contributed by atoms with E-state index < -0.39 is 0 Å². The van der Waals surface area contributed by atoms with E-state index in [2.05, 4.69) is 53.2 Å². The molecule has 1 atom stereocenters. The van der Waals surface area contributed by atoms with Crippen LogP contribution in [0.4, 0.5) is 0 Å². The number of guanidine groups is 1. The van der Waals surface area contributed by atoms with Crippen LogP contribution >= 0.6 is 35.3 Å². The summed E-state index contributed by atoms with van der Waals surface area (Å²) in [4.78, 5) is 4.21. The second-order valence-electron chi connectivity index (χ2n) is 4.69. The number of thiophene rings is 1. The van der Waals surface area contributed by atoms with Crippen LogP contribution in [0.3, 0.4) is 0 Å². The predicted octanol–water partition coefficient (Wildman–Crippen LogP) is 3.29. The molecule has 0 spiro atoms. The smallest absolute Gasteiger partial charge is 0.191 e. The van der Waals surface area contributed by atoms with E-state index in [-0.39, 0.29) is 24.0 Å². The molecule has 0 fully saturated rings. The van der Waals surface area contributed by atoms with Gasteiger partial charge in [-0.2, -0.15) is 11.3 Å². The number of halogens is 1. The summed E-state index contributed by atoms with van der Waals surface area (Å²) >= 11 is 1.75. The maximum absolute atomic E-state index is 4.21. The molecule has 104 valence electrons. The molecule has 0 radical (unpaired) electrons. The van der Waals surface area contributed by atoms with Crippen LogP contribution in [-0.2, 0) is 0 Å². The zero-order valence-electron chi connectivity index (χ0n) is 11.6. The first kappa shape index (κ1) is 17.7. The van der Waals surface area contributed by atoms with Crippen molar-refractivity contribution in [2.24, 2.45) is 10.9 Å². The van der Waals surface area contributed by atoms with Crippen LogP contribution < -0.4 is 10.6 Å². The standard InChI is InChI=1S/C13H23N3S.HI/c1-10(2)7-15-13(14-4)16-8-11(3)12-5-6-17-9-12;/h5-6,9-11H,7-8H2,1-4H3,(H2,14,15,16);1H. The zero-order chi connectivity index (χ0) is 12.7. The van der Waals surface area contributed by atoms with Crippen LogP contribution in [0.15, 0.2) is 21.8 Å². The molecule has 1 unspecified atom stereocenters. The number of rotatable bonds is 5. The summed E-state index contributed by atoms with van der Waals surface area (Å²) in [5.74, 6) is 2.03. The molecule has 1 heterocycles. The van der Waals surface area contributed by atoms with Gasteiger partial charge in [-0.1, -0.05) is 20.8 Å². The fourth-order valence-electron chi connectivity index (χ4n) is 1.44. The normalized spacial score (nSPS) is 13.1. The number of hydrogen-bond donors (Lipinski definition) is 2. The van der Waals surface area contributed by atoms with Crippen molar-refractivity contribution in [2.75, 3.05) is 20.1 Å². The van der Waals surface area contributed by atoms with Crippen LogP contribution in [-0.4, -0.2) is 26.1 Å². The molecule has 0 saturated carbocycles. The Hall–Kier alpha value is -0.300. The van der Waals surface area contributed by atoms with Crippen LogP contribution in [0, 0.1) is 5.92 Å². The minimum absolute atomic E-state index is 0. The summed E-state index contributed by atoms with van der Waals surface area (Å²) in [6.07, 6.45) is 0. The lowest BCUT2D eigenvalue weighted by Crippen LogP contribution is -2.40. The lowest BCUT2D eigenvalue weighted by atomic mass is 10.1. The average Bonchev–Trinajstić information content (AvgIpc) is 2.82. The quantitative estimate of drug-likeness (QED) is 0.467. The Morgan fingerprint density at radius 2 is 1.94 bits per heavy atom. The second-order valence-corrected chi connectivity index (χ2v) is 5.47. The highest BCUT2D eigenvalue weighted by Crippen LogP contribution is 2.16. The molecule has 0 saturated heterocycles. The van der Waals surface area contributed by atoms with Crippen molar-refractivity contribution >= 4 is 41.3 Å². The van der Waals surface area contributed by atoms with Gasteiger partial charge in [0.2, 0.25) is 0 Å². The molecule has 1 aromatic heterocycles. The molecule has 3 nitrogen and oxygen atoms in total. The van der Waals surface area contributed by atoms with E-state index in [4.69, 9.17) is 0 Å². The second kappa shape index (κ2) is 9.61. The SMILES string of the molecule is CN=C(NCC(C)C)NCC(C)c1ccsc1.I. The third-order valence-corrected chi connectivity index (χ3v) is 3.29. The molecule has 5 heteroatoms. The first-order valence-electron chi connectivity index (χ1n) is 6.10. The van der Waals surface area contributed by atoms with Gasteiger partial charge in [0.25, 0.3) is 0 Å². The summed E-state index contributed by atoms with van der Waals surface area (Å²) < 4.78 is 0. The highest BCUT2D eigenvalue weighted by molar-refractivity contribution is 14.0. The number of nitrogens with one attached hydrogen (secondary N) is 2. The van der Waals surface area contributed by atoms with Crippen molar-refractivity contribution in [1.29, 1.82) is 0 Å². The Bertz CT molecular complexity index is 336. The number of aliphatic imine (C=N–C) groups is 1. The van der Waals surface area contributed by atoms with Crippen LogP contribution in [0.25, 0.3) is 0 Å². The fourth-order valence-corrected chi connectivity index (χ4v) is 2.23. The molecule has 0 amide bonds. The summed E-state index contributed by atoms with van der Waals surface area (Å²) in [6, 6.07) is 2.18. The van der Waals surface area contributed by atoms with E-state index >= 15 is 0 Å². The fraction of sp³-hybridized carbons (Fsp3) is 0.615. The monoisotopic (exact) mass is 381 g/mol. The van der Waals surface area contributed by atoms with Gasteiger partial charge in [0.1, 0.15) is 0 Å². The third-order valence-electron chi connectivity index (χ3n) is 2.59. The average molecular weight is 381 g/mol. The van der Waals surface area contributed by atoms with Gasteiger partial charge in [-0.3, -0.25) is 4.99 Å². The maximum atomic E-state index is 4.21. The molecule has 0 aliphatic heterocycles. The van der Waals surface area contributed by atoms with Crippen LogP contribution in [0.5, 0.6) is 0 Å². The molecular weight excluding hydrogens is 357 g/mol. The first-order valence-corrected chi connectivity index (χ1v) is 7.04. The van der Waals surface area contributed by atoms with Gasteiger partial charge in [0.15, 0.2) is 5.96 Å². The van der Waals surface area contributed by atoms with Gasteiger partial charge in [-0.25, -0.2) is 0 Å². The van der Waals surface area contributed by atoms with Gasteiger partial charge in [0, 0.05) is 20.1 Å². The van der Waals surface area contributed by atoms with Gasteiger partial charge < -0.3 is 10.6 Å². The molecule has 0 bridgehead atoms. The molecular formula is C13H24IN3S. The van der Waals surface area contributed by atoms with E-state index in [9.17, 15) is 0 Å². The van der Waals surface area contributed by atoms with Gasteiger partial charge in [-0.15, -0.1) is 24.0 Å². The molecule has 0 aliphatic carbocycles. The van der Waals surface area contributed by atoms with E-state index in [1.807, 2.05) is 7.05 Å². The highest BCUT2D eigenvalue weighted by atomic mass is 127. The molecule has 0 aliphatic rings. The van der Waals surface area contributed by atoms with Crippen LogP contribution in [0.1, 0.15) is 32.3 Å². The topological polar surface area (TPSA) is 36.4 Å². The summed E-state index contributed by atoms with van der Waals surface area (Å²) in [7, 11) is 1.81. The Balaban J connectivity index is 0.00000289. The number of hydrogen-bond acceptors (Lipinski definition) is 2. The van der Waals surface area contributed by atoms with Gasteiger partial charge in [-0.05, 0) is 34.2 Å². The van der Waals surface area contributed by atoms with Gasteiger partial charge >= 0.3 is 0 Å². The van der Waals surface area contributed by atoms with Crippen molar-refractivity contribution in [3.63, 3.8) is 0 Å². The lowest BCUT2D eigenvalue weighted by Gasteiger charge is -2.16. The molecule has 1 aromatic rings. The van der Waals surface area contributed by atoms with E-state index in [0.717, 1.165) is 19.0 Å². The minimum atomic E-state index is 0. The molecule has 18 heavy (non-hydrogen) atoms. The Morgan fingerprint density at radius 1 is 1.28 bits per heavy atom. The van der Waals surface area contributed by atoms with Crippen molar-refractivity contribution in [3.05, 3.63) is 22.4 Å². The Kier molecular flexibility index (Phi) is 9.45. The van der Waals surface area contributed by atoms with Crippen LogP contribution in [0.2, 0.25) is 0 Å². The van der Waals surface area contributed by atoms with Gasteiger partial charge in [0.05, 0.1) is 0 Å². The maximum Gasteiger partial charge on any atom is 0.191 e. The predicted molar refractivity (Wildman–Crippen MR) is 92.4 cm³/mol. The first-order chi connectivity index (χ1) is 8.13. The molecule has 0 aromatic carbocycles. The summed E-state index contributed by atoms with van der Waals surface area (Å²) in [6.45, 7) is 8.47. The summed E-state index contributed by atoms with van der Waals surface area (Å²) in [5, 5.41) is 11.0. The minimum Gasteiger partial charge on any atom is -0.356 e. The van der Waals surface area contributed by atoms with E-state index in [1.165, 1.54) is 5.56 Å². The largest absolute Gasteiger partial charge is 0.356 e. The van der Waals surface area contributed by atoms with Crippen molar-refractivity contribution in [1.82, 2.24) is 10.6 Å². The Labute approximate surface area is 131 Å². The molecule has 1 rings (SSSR count). The molecule has 2 N–H and O–H groups in total. The zero-order valence-corrected chi connectivity index (χ0v) is 14.7. The number of nitrogens with zero attached hydrogens (tertiary/aromatic N) is 1. The van der Waals surface area contributed by atoms with Crippen molar-refractivity contribution in [2.45, 2.75) is 26.7 Å².